The van der Waals surface area contributed by atoms with Crippen LogP contribution in [-0.2, 0) is 14.3 Å². The minimum Gasteiger partial charge on any atom is -0.545 e. The number of hydrogen-bond donors (Lipinski definition) is 1. The van der Waals surface area contributed by atoms with E-state index < -0.39 is 23.8 Å². The van der Waals surface area contributed by atoms with Crippen molar-refractivity contribution in [2.24, 2.45) is 0 Å². The summed E-state index contributed by atoms with van der Waals surface area (Å²) in [5.74, 6) is -3.38. The van der Waals surface area contributed by atoms with Gasteiger partial charge in [0.05, 0.1) is 23.8 Å². The molecule has 1 aliphatic heterocycles. The molecule has 2 amide bonds. The van der Waals surface area contributed by atoms with Crippen LogP contribution in [0.2, 0.25) is 0 Å². The number of para-hydroxylation sites is 1. The van der Waals surface area contributed by atoms with Gasteiger partial charge in [-0.25, -0.2) is 19.7 Å². The van der Waals surface area contributed by atoms with Gasteiger partial charge in [0.25, 0.3) is 11.8 Å². The standard InChI is InChI=1S/C27H24N4O6S/c1-4-13-37-26(36)19-7-5-6-8-20(19)31-23(32)21(30-18-11-9-17(10-12-18)25(34)35)22(24(31)33)38-27-28-15(2)14-16(3)29-27/h5-12,14,30H,4,13H2,1-3H3,(H,34,35)/p-1. The second kappa shape index (κ2) is 11.3. The summed E-state index contributed by atoms with van der Waals surface area (Å²) in [5.41, 5.74) is 1.76. The number of aromatic nitrogens is 2. The Morgan fingerprint density at radius 1 is 1.00 bits per heavy atom. The minimum atomic E-state index is -1.34. The molecule has 194 valence electrons. The molecule has 0 radical (unpaired) electrons. The highest BCUT2D eigenvalue weighted by Crippen LogP contribution is 2.38. The number of nitrogens with zero attached hydrogens (tertiary/aromatic N) is 3. The van der Waals surface area contributed by atoms with Crippen molar-refractivity contribution in [3.05, 3.63) is 87.7 Å². The zero-order valence-corrected chi connectivity index (χ0v) is 21.6. The van der Waals surface area contributed by atoms with Crippen LogP contribution in [0.15, 0.2) is 70.4 Å². The molecule has 2 heterocycles. The lowest BCUT2D eigenvalue weighted by Crippen LogP contribution is -2.33. The Kier molecular flexibility index (Phi) is 7.87. The fraction of sp³-hybridized carbons (Fsp3) is 0.185. The van der Waals surface area contributed by atoms with Crippen LogP contribution >= 0.6 is 11.8 Å². The number of nitrogens with one attached hydrogen (secondary N) is 1. The van der Waals surface area contributed by atoms with Crippen molar-refractivity contribution in [2.75, 3.05) is 16.8 Å². The highest BCUT2D eigenvalue weighted by atomic mass is 32.2. The van der Waals surface area contributed by atoms with E-state index in [0.717, 1.165) is 16.7 Å². The molecule has 0 atom stereocenters. The van der Waals surface area contributed by atoms with E-state index >= 15 is 0 Å². The van der Waals surface area contributed by atoms with E-state index in [0.29, 0.717) is 23.5 Å². The van der Waals surface area contributed by atoms with E-state index in [2.05, 4.69) is 15.3 Å². The topological polar surface area (TPSA) is 142 Å². The van der Waals surface area contributed by atoms with Crippen molar-refractivity contribution >= 4 is 46.9 Å². The molecule has 0 unspecified atom stereocenters. The second-order valence-corrected chi connectivity index (χ2v) is 9.31. The Balaban J connectivity index is 1.76. The highest BCUT2D eigenvalue weighted by Gasteiger charge is 2.42. The number of carboxylic acids is 1. The molecule has 10 nitrogen and oxygen atoms in total. The maximum Gasteiger partial charge on any atom is 0.340 e. The first-order valence-corrected chi connectivity index (χ1v) is 12.5. The molecule has 4 rings (SSSR count). The normalized spacial score (nSPS) is 13.2. The monoisotopic (exact) mass is 531 g/mol. The molecule has 0 fully saturated rings. The summed E-state index contributed by atoms with van der Waals surface area (Å²) in [6.07, 6.45) is 0.610. The summed E-state index contributed by atoms with van der Waals surface area (Å²) in [7, 11) is 0. The molecule has 0 bridgehead atoms. The number of rotatable bonds is 9. The van der Waals surface area contributed by atoms with Gasteiger partial charge in [0.15, 0.2) is 5.16 Å². The predicted molar refractivity (Wildman–Crippen MR) is 138 cm³/mol. The van der Waals surface area contributed by atoms with Crippen molar-refractivity contribution < 1.29 is 29.0 Å². The van der Waals surface area contributed by atoms with Crippen LogP contribution in [0.25, 0.3) is 0 Å². The number of esters is 1. The molecule has 38 heavy (non-hydrogen) atoms. The Morgan fingerprint density at radius 2 is 1.66 bits per heavy atom. The number of benzene rings is 2. The number of aromatic carboxylic acids is 1. The summed E-state index contributed by atoms with van der Waals surface area (Å²) in [6, 6.07) is 13.5. The van der Waals surface area contributed by atoms with Crippen LogP contribution in [0.4, 0.5) is 11.4 Å². The molecule has 0 aliphatic carbocycles. The number of imide groups is 1. The Morgan fingerprint density at radius 3 is 2.29 bits per heavy atom. The van der Waals surface area contributed by atoms with Gasteiger partial charge in [-0.05, 0) is 67.9 Å². The van der Waals surface area contributed by atoms with Crippen LogP contribution in [0.3, 0.4) is 0 Å². The molecule has 1 aliphatic rings. The zero-order chi connectivity index (χ0) is 27.4. The van der Waals surface area contributed by atoms with E-state index in [4.69, 9.17) is 4.74 Å². The first-order chi connectivity index (χ1) is 18.2. The first-order valence-electron chi connectivity index (χ1n) is 11.7. The van der Waals surface area contributed by atoms with Gasteiger partial charge >= 0.3 is 5.97 Å². The van der Waals surface area contributed by atoms with E-state index in [-0.39, 0.29) is 39.2 Å². The van der Waals surface area contributed by atoms with E-state index in [1.807, 2.05) is 6.92 Å². The highest BCUT2D eigenvalue weighted by molar-refractivity contribution is 8.04. The number of carboxylic acid groups (broad SMARTS) is 1. The number of anilines is 2. The van der Waals surface area contributed by atoms with Gasteiger partial charge in [-0.3, -0.25) is 9.59 Å². The smallest absolute Gasteiger partial charge is 0.340 e. The van der Waals surface area contributed by atoms with Gasteiger partial charge in [-0.2, -0.15) is 0 Å². The first kappa shape index (κ1) is 26.6. The number of carbonyl (C=O) groups is 4. The fourth-order valence-corrected chi connectivity index (χ4v) is 4.69. The Bertz CT molecular complexity index is 1450. The number of amides is 2. The van der Waals surface area contributed by atoms with E-state index in [9.17, 15) is 24.3 Å². The van der Waals surface area contributed by atoms with E-state index in [1.54, 1.807) is 32.0 Å². The number of hydrogen-bond acceptors (Lipinski definition) is 10. The summed E-state index contributed by atoms with van der Waals surface area (Å²) >= 11 is 0.916. The predicted octanol–water partition coefficient (Wildman–Crippen LogP) is 3.01. The van der Waals surface area contributed by atoms with Crippen LogP contribution in [0, 0.1) is 13.8 Å². The Hall–Kier alpha value is -4.51. The molecule has 11 heteroatoms. The summed E-state index contributed by atoms with van der Waals surface area (Å²) in [5, 5.41) is 14.3. The fourth-order valence-electron chi connectivity index (χ4n) is 3.71. The van der Waals surface area contributed by atoms with Crippen LogP contribution in [0.5, 0.6) is 0 Å². The molecular formula is C27H23N4O6S-. The van der Waals surface area contributed by atoms with Gasteiger partial charge in [0, 0.05) is 17.1 Å². The number of thioether (sulfide) groups is 1. The summed E-state index contributed by atoms with van der Waals surface area (Å²) in [4.78, 5) is 60.9. The van der Waals surface area contributed by atoms with Crippen LogP contribution in [0.1, 0.15) is 45.4 Å². The third kappa shape index (κ3) is 5.57. The van der Waals surface area contributed by atoms with Gasteiger partial charge in [-0.15, -0.1) is 0 Å². The van der Waals surface area contributed by atoms with E-state index in [1.165, 1.54) is 36.4 Å². The number of ether oxygens (including phenoxy) is 1. The van der Waals surface area contributed by atoms with Gasteiger partial charge in [0.1, 0.15) is 10.6 Å². The molecule has 3 aromatic rings. The lowest BCUT2D eigenvalue weighted by atomic mass is 10.1. The average Bonchev–Trinajstić information content (AvgIpc) is 3.10. The quantitative estimate of drug-likeness (QED) is 0.249. The van der Waals surface area contributed by atoms with Crippen LogP contribution in [-0.4, -0.2) is 40.3 Å². The summed E-state index contributed by atoms with van der Waals surface area (Å²) in [6.45, 7) is 5.62. The average molecular weight is 532 g/mol. The maximum absolute atomic E-state index is 13.7. The summed E-state index contributed by atoms with van der Waals surface area (Å²) < 4.78 is 5.25. The number of aryl methyl sites for hydroxylation is 2. The molecule has 0 spiro atoms. The van der Waals surface area contributed by atoms with Crippen molar-refractivity contribution in [1.29, 1.82) is 0 Å². The SMILES string of the molecule is CCCOC(=O)c1ccccc1N1C(=O)C(Nc2ccc(C(=O)[O-])cc2)=C(Sc2nc(C)cc(C)n2)C1=O. The van der Waals surface area contributed by atoms with Crippen molar-refractivity contribution in [2.45, 2.75) is 32.3 Å². The van der Waals surface area contributed by atoms with Crippen LogP contribution < -0.4 is 15.3 Å². The third-order valence-corrected chi connectivity index (χ3v) is 6.34. The number of carbonyl (C=O) groups excluding carboxylic acids is 4. The van der Waals surface area contributed by atoms with Crippen molar-refractivity contribution in [3.63, 3.8) is 0 Å². The molecule has 0 saturated heterocycles. The van der Waals surface area contributed by atoms with Gasteiger partial charge in [-0.1, -0.05) is 31.2 Å². The zero-order valence-electron chi connectivity index (χ0n) is 20.8. The Labute approximate surface area is 222 Å². The lowest BCUT2D eigenvalue weighted by Gasteiger charge is -2.18. The van der Waals surface area contributed by atoms with Crippen molar-refractivity contribution in [3.8, 4) is 0 Å². The minimum absolute atomic E-state index is 0.0145. The molecule has 2 aromatic carbocycles. The van der Waals surface area contributed by atoms with Crippen molar-refractivity contribution in [1.82, 2.24) is 9.97 Å². The van der Waals surface area contributed by atoms with Gasteiger partial charge < -0.3 is 20.0 Å². The molecular weight excluding hydrogens is 508 g/mol. The second-order valence-electron chi connectivity index (χ2n) is 8.33. The molecule has 1 aromatic heterocycles. The van der Waals surface area contributed by atoms with Gasteiger partial charge in [0.2, 0.25) is 0 Å². The molecule has 1 N–H and O–H groups in total. The third-order valence-electron chi connectivity index (χ3n) is 5.39. The molecule has 0 saturated carbocycles. The lowest BCUT2D eigenvalue weighted by molar-refractivity contribution is -0.255. The maximum atomic E-state index is 13.7. The largest absolute Gasteiger partial charge is 0.545 e.